The second kappa shape index (κ2) is 7.26. The van der Waals surface area contributed by atoms with E-state index < -0.39 is 0 Å². The van der Waals surface area contributed by atoms with Gasteiger partial charge in [0.05, 0.1) is 6.10 Å². The van der Waals surface area contributed by atoms with Gasteiger partial charge in [-0.1, -0.05) is 18.8 Å². The van der Waals surface area contributed by atoms with Crippen LogP contribution in [0.3, 0.4) is 0 Å². The number of piperidine rings is 1. The van der Waals surface area contributed by atoms with Gasteiger partial charge in [0.25, 0.3) is 5.91 Å². The van der Waals surface area contributed by atoms with Gasteiger partial charge in [-0.05, 0) is 36.6 Å². The minimum Gasteiger partial charge on any atom is -0.384 e. The molecule has 1 aliphatic heterocycles. The Hall–Kier alpha value is -1.83. The van der Waals surface area contributed by atoms with Crippen LogP contribution in [0.1, 0.15) is 29.3 Å². The molecule has 2 unspecified atom stereocenters. The largest absolute Gasteiger partial charge is 0.384 e. The first-order valence-corrected chi connectivity index (χ1v) is 7.17. The standard InChI is InChI=1S/C17H21NO3/c1-13-9-10-18(12-16(13)21-2)17(20)15-7-5-14(6-8-15)4-3-11-19/h5-8,13,16,19H,9-12H2,1-2H3. The third kappa shape index (κ3) is 3.84. The Bertz CT molecular complexity index is 541. The molecule has 21 heavy (non-hydrogen) atoms. The van der Waals surface area contributed by atoms with E-state index in [-0.39, 0.29) is 18.6 Å². The van der Waals surface area contributed by atoms with Gasteiger partial charge in [-0.3, -0.25) is 4.79 Å². The molecule has 2 rings (SSSR count). The number of rotatable bonds is 2. The van der Waals surface area contributed by atoms with Gasteiger partial charge in [-0.25, -0.2) is 0 Å². The normalized spacial score (nSPS) is 21.6. The van der Waals surface area contributed by atoms with E-state index in [0.29, 0.717) is 18.0 Å². The van der Waals surface area contributed by atoms with Crippen molar-refractivity contribution in [1.29, 1.82) is 0 Å². The number of aliphatic hydroxyl groups is 1. The Balaban J connectivity index is 2.06. The van der Waals surface area contributed by atoms with Gasteiger partial charge >= 0.3 is 0 Å². The Kier molecular flexibility index (Phi) is 5.38. The molecule has 4 heteroatoms. The molecule has 0 bridgehead atoms. The fourth-order valence-electron chi connectivity index (χ4n) is 2.55. The minimum atomic E-state index is -0.162. The van der Waals surface area contributed by atoms with Crippen LogP contribution in [0, 0.1) is 17.8 Å². The number of hydrogen-bond acceptors (Lipinski definition) is 3. The number of amides is 1. The van der Waals surface area contributed by atoms with Crippen LogP contribution in [0.2, 0.25) is 0 Å². The van der Waals surface area contributed by atoms with Crippen molar-refractivity contribution in [3.05, 3.63) is 35.4 Å². The van der Waals surface area contributed by atoms with Crippen LogP contribution < -0.4 is 0 Å². The molecule has 1 N–H and O–H groups in total. The average molecular weight is 287 g/mol. The molecule has 1 aromatic rings. The number of carbonyl (C=O) groups is 1. The lowest BCUT2D eigenvalue weighted by Gasteiger charge is -2.36. The van der Waals surface area contributed by atoms with E-state index in [2.05, 4.69) is 18.8 Å². The molecule has 0 aromatic heterocycles. The molecule has 2 atom stereocenters. The minimum absolute atomic E-state index is 0.0330. The molecule has 0 spiro atoms. The summed E-state index contributed by atoms with van der Waals surface area (Å²) in [4.78, 5) is 14.3. The predicted octanol–water partition coefficient (Wildman–Crippen LogP) is 1.53. The summed E-state index contributed by atoms with van der Waals surface area (Å²) in [5.74, 6) is 5.92. The summed E-state index contributed by atoms with van der Waals surface area (Å²) in [6.07, 6.45) is 1.07. The zero-order valence-electron chi connectivity index (χ0n) is 12.5. The summed E-state index contributed by atoms with van der Waals surface area (Å²) in [5.41, 5.74) is 1.46. The molecule has 1 fully saturated rings. The van der Waals surface area contributed by atoms with Crippen molar-refractivity contribution in [3.63, 3.8) is 0 Å². The van der Waals surface area contributed by atoms with Crippen LogP contribution >= 0.6 is 0 Å². The monoisotopic (exact) mass is 287 g/mol. The smallest absolute Gasteiger partial charge is 0.253 e. The highest BCUT2D eigenvalue weighted by molar-refractivity contribution is 5.94. The van der Waals surface area contributed by atoms with E-state index >= 15 is 0 Å². The highest BCUT2D eigenvalue weighted by Gasteiger charge is 2.29. The van der Waals surface area contributed by atoms with Crippen molar-refractivity contribution in [2.24, 2.45) is 5.92 Å². The lowest BCUT2D eigenvalue weighted by atomic mass is 9.95. The van der Waals surface area contributed by atoms with Gasteiger partial charge in [0.15, 0.2) is 0 Å². The summed E-state index contributed by atoms with van der Waals surface area (Å²) < 4.78 is 5.45. The van der Waals surface area contributed by atoms with Crippen LogP contribution in [-0.4, -0.2) is 48.8 Å². The predicted molar refractivity (Wildman–Crippen MR) is 80.9 cm³/mol. The van der Waals surface area contributed by atoms with Crippen molar-refractivity contribution in [2.45, 2.75) is 19.4 Å². The van der Waals surface area contributed by atoms with E-state index in [9.17, 15) is 4.79 Å². The van der Waals surface area contributed by atoms with E-state index in [1.807, 2.05) is 4.90 Å². The zero-order valence-corrected chi connectivity index (χ0v) is 12.5. The Morgan fingerprint density at radius 2 is 2.14 bits per heavy atom. The highest BCUT2D eigenvalue weighted by Crippen LogP contribution is 2.21. The van der Waals surface area contributed by atoms with Gasteiger partial charge in [0.1, 0.15) is 6.61 Å². The topological polar surface area (TPSA) is 49.8 Å². The van der Waals surface area contributed by atoms with E-state index in [4.69, 9.17) is 9.84 Å². The molecule has 4 nitrogen and oxygen atoms in total. The van der Waals surface area contributed by atoms with Gasteiger partial charge in [0, 0.05) is 31.3 Å². The number of aliphatic hydroxyl groups excluding tert-OH is 1. The maximum atomic E-state index is 12.5. The molecule has 1 aromatic carbocycles. The maximum Gasteiger partial charge on any atom is 0.253 e. The number of hydrogen-bond donors (Lipinski definition) is 1. The lowest BCUT2D eigenvalue weighted by Crippen LogP contribution is -2.46. The molecule has 112 valence electrons. The van der Waals surface area contributed by atoms with Gasteiger partial charge in [0.2, 0.25) is 0 Å². The number of ether oxygens (including phenoxy) is 1. The zero-order chi connectivity index (χ0) is 15.2. The molecule has 1 saturated heterocycles. The number of methoxy groups -OCH3 is 1. The molecule has 1 aliphatic rings. The Morgan fingerprint density at radius 3 is 2.76 bits per heavy atom. The third-order valence-electron chi connectivity index (χ3n) is 3.92. The first-order valence-electron chi connectivity index (χ1n) is 7.17. The van der Waals surface area contributed by atoms with Crippen LogP contribution in [0.4, 0.5) is 0 Å². The van der Waals surface area contributed by atoms with E-state index in [1.54, 1.807) is 31.4 Å². The van der Waals surface area contributed by atoms with Crippen LogP contribution in [-0.2, 0) is 4.74 Å². The Morgan fingerprint density at radius 1 is 1.43 bits per heavy atom. The third-order valence-corrected chi connectivity index (χ3v) is 3.92. The summed E-state index contributed by atoms with van der Waals surface area (Å²) in [6, 6.07) is 7.17. The second-order valence-electron chi connectivity index (χ2n) is 5.33. The number of likely N-dealkylation sites (tertiary alicyclic amines) is 1. The second-order valence-corrected chi connectivity index (χ2v) is 5.33. The molecule has 0 radical (unpaired) electrons. The summed E-state index contributed by atoms with van der Waals surface area (Å²) in [5, 5.41) is 8.66. The Labute approximate surface area is 125 Å². The fraction of sp³-hybridized carbons (Fsp3) is 0.471. The van der Waals surface area contributed by atoms with Gasteiger partial charge < -0.3 is 14.7 Å². The van der Waals surface area contributed by atoms with Crippen molar-refractivity contribution >= 4 is 5.91 Å². The lowest BCUT2D eigenvalue weighted by molar-refractivity contribution is -0.00156. The quantitative estimate of drug-likeness (QED) is 0.839. The fourth-order valence-corrected chi connectivity index (χ4v) is 2.55. The SMILES string of the molecule is COC1CN(C(=O)c2ccc(C#CCO)cc2)CCC1C. The molecular weight excluding hydrogens is 266 g/mol. The number of nitrogens with zero attached hydrogens (tertiary/aromatic N) is 1. The molecule has 0 aliphatic carbocycles. The number of benzene rings is 1. The molecular formula is C17H21NO3. The van der Waals surface area contributed by atoms with Crippen molar-refractivity contribution in [1.82, 2.24) is 4.90 Å². The number of carbonyl (C=O) groups excluding carboxylic acids is 1. The van der Waals surface area contributed by atoms with E-state index in [0.717, 1.165) is 18.5 Å². The highest BCUT2D eigenvalue weighted by atomic mass is 16.5. The molecule has 1 amide bonds. The van der Waals surface area contributed by atoms with Gasteiger partial charge in [-0.15, -0.1) is 0 Å². The summed E-state index contributed by atoms with van der Waals surface area (Å²) in [7, 11) is 1.70. The van der Waals surface area contributed by atoms with E-state index in [1.165, 1.54) is 0 Å². The average Bonchev–Trinajstić information content (AvgIpc) is 2.53. The first kappa shape index (κ1) is 15.6. The first-order chi connectivity index (χ1) is 10.2. The molecule has 0 saturated carbocycles. The molecule has 1 heterocycles. The summed E-state index contributed by atoms with van der Waals surface area (Å²) in [6.45, 7) is 3.41. The maximum absolute atomic E-state index is 12.5. The van der Waals surface area contributed by atoms with Crippen LogP contribution in [0.15, 0.2) is 24.3 Å². The van der Waals surface area contributed by atoms with Crippen molar-refractivity contribution in [3.8, 4) is 11.8 Å². The van der Waals surface area contributed by atoms with Crippen LogP contribution in [0.25, 0.3) is 0 Å². The van der Waals surface area contributed by atoms with Gasteiger partial charge in [-0.2, -0.15) is 0 Å². The van der Waals surface area contributed by atoms with Crippen LogP contribution in [0.5, 0.6) is 0 Å². The summed E-state index contributed by atoms with van der Waals surface area (Å²) >= 11 is 0. The van der Waals surface area contributed by atoms with Crippen molar-refractivity contribution in [2.75, 3.05) is 26.8 Å². The van der Waals surface area contributed by atoms with Crippen molar-refractivity contribution < 1.29 is 14.6 Å².